The van der Waals surface area contributed by atoms with Crippen LogP contribution in [0.2, 0.25) is 0 Å². The van der Waals surface area contributed by atoms with Gasteiger partial charge in [0.25, 0.3) is 0 Å². The van der Waals surface area contributed by atoms with Crippen LogP contribution in [0.25, 0.3) is 0 Å². The number of sulfonamides is 1. The molecule has 3 aliphatic rings. The molecule has 0 bridgehead atoms. The number of anilines is 2. The third-order valence-electron chi connectivity index (χ3n) is 6.86. The van der Waals surface area contributed by atoms with Gasteiger partial charge < -0.3 is 14.4 Å². The molecule has 2 aromatic rings. The third kappa shape index (κ3) is 5.39. The lowest BCUT2D eigenvalue weighted by Crippen LogP contribution is -2.48. The second-order valence-electron chi connectivity index (χ2n) is 9.42. The smallest absolute Gasteiger partial charge is 0.229 e. The van der Waals surface area contributed by atoms with E-state index in [1.54, 1.807) is 0 Å². The number of nitrogens with zero attached hydrogens (tertiary/aromatic N) is 3. The Morgan fingerprint density at radius 3 is 2.29 bits per heavy atom. The van der Waals surface area contributed by atoms with Crippen molar-refractivity contribution in [3.05, 3.63) is 59.7 Å². The summed E-state index contributed by atoms with van der Waals surface area (Å²) in [5.41, 5.74) is 4.23. The highest BCUT2D eigenvalue weighted by Crippen LogP contribution is 2.38. The SMILES string of the molecule is CS(=O)(=O)Nc1ccc(N2CCN(CCCN3Cc4ccccc4C4(C3)OCCO4)CC2)cc1. The summed E-state index contributed by atoms with van der Waals surface area (Å²) < 4.78 is 37.5. The van der Waals surface area contributed by atoms with Crippen LogP contribution < -0.4 is 9.62 Å². The predicted molar refractivity (Wildman–Crippen MR) is 133 cm³/mol. The van der Waals surface area contributed by atoms with Crippen LogP contribution in [0, 0.1) is 0 Å². The first-order valence-electron chi connectivity index (χ1n) is 12.0. The summed E-state index contributed by atoms with van der Waals surface area (Å²) in [6.45, 7) is 9.17. The molecular formula is C25H34N4O4S. The molecule has 184 valence electrons. The maximum atomic E-state index is 11.4. The van der Waals surface area contributed by atoms with Gasteiger partial charge >= 0.3 is 0 Å². The second-order valence-corrected chi connectivity index (χ2v) is 11.2. The molecule has 0 aromatic heterocycles. The molecule has 0 amide bonds. The second kappa shape index (κ2) is 9.83. The lowest BCUT2D eigenvalue weighted by molar-refractivity contribution is -0.187. The molecule has 3 heterocycles. The molecule has 1 N–H and O–H groups in total. The van der Waals surface area contributed by atoms with Gasteiger partial charge in [-0.1, -0.05) is 24.3 Å². The lowest BCUT2D eigenvalue weighted by atomic mass is 9.94. The monoisotopic (exact) mass is 486 g/mol. The van der Waals surface area contributed by atoms with Gasteiger partial charge in [-0.15, -0.1) is 0 Å². The van der Waals surface area contributed by atoms with Crippen LogP contribution in [-0.2, 0) is 31.8 Å². The fourth-order valence-electron chi connectivity index (χ4n) is 5.27. The van der Waals surface area contributed by atoms with Gasteiger partial charge in [0.15, 0.2) is 0 Å². The van der Waals surface area contributed by atoms with Crippen LogP contribution in [0.4, 0.5) is 11.4 Å². The van der Waals surface area contributed by atoms with Crippen molar-refractivity contribution in [1.29, 1.82) is 0 Å². The van der Waals surface area contributed by atoms with Gasteiger partial charge in [0.1, 0.15) is 0 Å². The summed E-state index contributed by atoms with van der Waals surface area (Å²) in [5, 5.41) is 0. The summed E-state index contributed by atoms with van der Waals surface area (Å²) in [7, 11) is -3.25. The molecule has 5 rings (SSSR count). The van der Waals surface area contributed by atoms with Crippen molar-refractivity contribution in [3.8, 4) is 0 Å². The minimum absolute atomic E-state index is 0.590. The Kier molecular flexibility index (Phi) is 6.81. The number of fused-ring (bicyclic) bond motifs is 2. The molecule has 0 aliphatic carbocycles. The standard InChI is InChI=1S/C25H34N4O4S/c1-34(30,31)26-22-7-9-23(10-8-22)29-15-13-27(14-16-29)11-4-12-28-19-21-5-2-3-6-24(21)25(20-28)32-17-18-33-25/h2-3,5-10,26H,4,11-20H2,1H3. The van der Waals surface area contributed by atoms with Gasteiger partial charge in [-0.25, -0.2) is 8.42 Å². The fraction of sp³-hybridized carbons (Fsp3) is 0.520. The third-order valence-corrected chi connectivity index (χ3v) is 7.47. The average molecular weight is 487 g/mol. The van der Waals surface area contributed by atoms with Crippen LogP contribution in [0.15, 0.2) is 48.5 Å². The fourth-order valence-corrected chi connectivity index (χ4v) is 5.83. The van der Waals surface area contributed by atoms with Crippen LogP contribution >= 0.6 is 0 Å². The minimum atomic E-state index is -3.25. The van der Waals surface area contributed by atoms with Crippen LogP contribution in [-0.4, -0.2) is 83.5 Å². The van der Waals surface area contributed by atoms with Crippen molar-refractivity contribution < 1.29 is 17.9 Å². The van der Waals surface area contributed by atoms with E-state index in [9.17, 15) is 8.42 Å². The summed E-state index contributed by atoms with van der Waals surface area (Å²) >= 11 is 0. The van der Waals surface area contributed by atoms with E-state index < -0.39 is 15.8 Å². The molecule has 1 spiro atoms. The predicted octanol–water partition coefficient (Wildman–Crippen LogP) is 2.29. The van der Waals surface area contributed by atoms with E-state index in [2.05, 4.69) is 43.7 Å². The molecule has 0 saturated carbocycles. The zero-order valence-electron chi connectivity index (χ0n) is 19.8. The molecule has 34 heavy (non-hydrogen) atoms. The maximum Gasteiger partial charge on any atom is 0.229 e. The number of nitrogens with one attached hydrogen (secondary N) is 1. The highest BCUT2D eigenvalue weighted by atomic mass is 32.2. The maximum absolute atomic E-state index is 11.4. The number of piperazine rings is 1. The average Bonchev–Trinajstić information content (AvgIpc) is 3.28. The molecule has 3 aliphatic heterocycles. The Bertz CT molecular complexity index is 1080. The van der Waals surface area contributed by atoms with Crippen LogP contribution in [0.3, 0.4) is 0 Å². The normalized spacial score (nSPS) is 21.0. The first kappa shape index (κ1) is 23.6. The Labute approximate surface area is 202 Å². The van der Waals surface area contributed by atoms with Crippen LogP contribution in [0.5, 0.6) is 0 Å². The number of hydrogen-bond acceptors (Lipinski definition) is 7. The Morgan fingerprint density at radius 1 is 0.912 bits per heavy atom. The molecule has 2 fully saturated rings. The molecule has 2 saturated heterocycles. The van der Waals surface area contributed by atoms with Gasteiger partial charge in [0, 0.05) is 49.7 Å². The van der Waals surface area contributed by atoms with E-state index in [-0.39, 0.29) is 0 Å². The van der Waals surface area contributed by atoms with Gasteiger partial charge in [-0.05, 0) is 49.3 Å². The molecular weight excluding hydrogens is 452 g/mol. The number of benzene rings is 2. The van der Waals surface area contributed by atoms with E-state index in [0.717, 1.165) is 64.5 Å². The van der Waals surface area contributed by atoms with Crippen molar-refractivity contribution in [3.63, 3.8) is 0 Å². The Hall–Kier alpha value is -2.17. The van der Waals surface area contributed by atoms with E-state index in [1.807, 2.05) is 24.3 Å². The van der Waals surface area contributed by atoms with Gasteiger partial charge in [-0.3, -0.25) is 14.5 Å². The van der Waals surface area contributed by atoms with Crippen molar-refractivity contribution in [2.45, 2.75) is 18.8 Å². The topological polar surface area (TPSA) is 74.4 Å². The Balaban J connectivity index is 1.09. The zero-order valence-corrected chi connectivity index (χ0v) is 20.6. The van der Waals surface area contributed by atoms with Crippen LogP contribution in [0.1, 0.15) is 17.5 Å². The molecule has 9 heteroatoms. The van der Waals surface area contributed by atoms with Crippen molar-refractivity contribution in [2.24, 2.45) is 0 Å². The number of ether oxygens (including phenoxy) is 2. The molecule has 0 atom stereocenters. The summed E-state index contributed by atoms with van der Waals surface area (Å²) in [6, 6.07) is 16.1. The minimum Gasteiger partial charge on any atom is -0.369 e. The molecule has 2 aromatic carbocycles. The first-order chi connectivity index (χ1) is 16.4. The molecule has 0 unspecified atom stereocenters. The molecule has 8 nitrogen and oxygen atoms in total. The van der Waals surface area contributed by atoms with Crippen molar-refractivity contribution in [1.82, 2.24) is 9.80 Å². The summed E-state index contributed by atoms with van der Waals surface area (Å²) in [5.74, 6) is -0.590. The molecule has 0 radical (unpaired) electrons. The largest absolute Gasteiger partial charge is 0.369 e. The number of hydrogen-bond donors (Lipinski definition) is 1. The van der Waals surface area contributed by atoms with Gasteiger partial charge in [0.2, 0.25) is 15.8 Å². The van der Waals surface area contributed by atoms with E-state index >= 15 is 0 Å². The van der Waals surface area contributed by atoms with Crippen molar-refractivity contribution >= 4 is 21.4 Å². The zero-order chi connectivity index (χ0) is 23.6. The first-order valence-corrected chi connectivity index (χ1v) is 13.9. The van der Waals surface area contributed by atoms with E-state index in [0.29, 0.717) is 18.9 Å². The quantitative estimate of drug-likeness (QED) is 0.644. The Morgan fingerprint density at radius 2 is 1.59 bits per heavy atom. The summed E-state index contributed by atoms with van der Waals surface area (Å²) in [6.07, 6.45) is 2.28. The highest BCUT2D eigenvalue weighted by Gasteiger charge is 2.44. The van der Waals surface area contributed by atoms with Crippen molar-refractivity contribution in [2.75, 3.05) is 74.9 Å². The highest BCUT2D eigenvalue weighted by molar-refractivity contribution is 7.92. The lowest BCUT2D eigenvalue weighted by Gasteiger charge is -2.40. The number of rotatable bonds is 7. The van der Waals surface area contributed by atoms with Gasteiger partial charge in [-0.2, -0.15) is 0 Å². The van der Waals surface area contributed by atoms with E-state index in [1.165, 1.54) is 17.4 Å². The van der Waals surface area contributed by atoms with E-state index in [4.69, 9.17) is 9.47 Å². The van der Waals surface area contributed by atoms with Gasteiger partial charge in [0.05, 0.1) is 26.0 Å². The summed E-state index contributed by atoms with van der Waals surface area (Å²) in [4.78, 5) is 7.36.